The van der Waals surface area contributed by atoms with Gasteiger partial charge in [-0.3, -0.25) is 4.90 Å². The van der Waals surface area contributed by atoms with Crippen molar-refractivity contribution < 1.29 is 0 Å². The molecule has 0 radical (unpaired) electrons. The summed E-state index contributed by atoms with van der Waals surface area (Å²) >= 11 is 0. The molecule has 16 heavy (non-hydrogen) atoms. The highest BCUT2D eigenvalue weighted by Crippen LogP contribution is 2.31. The average Bonchev–Trinajstić information content (AvgIpc) is 2.84. The van der Waals surface area contributed by atoms with E-state index in [9.17, 15) is 0 Å². The molecule has 2 atom stereocenters. The van der Waals surface area contributed by atoms with Crippen molar-refractivity contribution in [2.45, 2.75) is 71.0 Å². The molecular weight excluding hydrogens is 196 g/mol. The fourth-order valence-corrected chi connectivity index (χ4v) is 3.50. The predicted molar refractivity (Wildman–Crippen MR) is 69.7 cm³/mol. The van der Waals surface area contributed by atoms with Crippen molar-refractivity contribution in [2.75, 3.05) is 13.1 Å². The zero-order valence-corrected chi connectivity index (χ0v) is 11.2. The van der Waals surface area contributed by atoms with Crippen molar-refractivity contribution in [3.63, 3.8) is 0 Å². The molecular formula is C14H28N2. The van der Waals surface area contributed by atoms with Crippen LogP contribution >= 0.6 is 0 Å². The molecule has 1 saturated heterocycles. The number of nitrogens with one attached hydrogen (secondary N) is 1. The largest absolute Gasteiger partial charge is 0.310 e. The summed E-state index contributed by atoms with van der Waals surface area (Å²) in [4.78, 5) is 2.72. The number of hydrogen-bond acceptors (Lipinski definition) is 2. The van der Waals surface area contributed by atoms with Crippen molar-refractivity contribution in [2.24, 2.45) is 5.92 Å². The first-order chi connectivity index (χ1) is 7.66. The second-order valence-corrected chi connectivity index (χ2v) is 6.09. The van der Waals surface area contributed by atoms with Gasteiger partial charge in [0.15, 0.2) is 0 Å². The van der Waals surface area contributed by atoms with Crippen LogP contribution in [0.15, 0.2) is 0 Å². The van der Waals surface area contributed by atoms with Crippen molar-refractivity contribution in [1.29, 1.82) is 0 Å². The SMILES string of the molecule is CC(C)NC1CCN(C(C)C2CCCC2)C1. The summed E-state index contributed by atoms with van der Waals surface area (Å²) in [6.45, 7) is 9.54. The Balaban J connectivity index is 1.78. The molecule has 1 heterocycles. The molecule has 2 nitrogen and oxygen atoms in total. The molecule has 2 rings (SSSR count). The molecule has 0 aromatic heterocycles. The van der Waals surface area contributed by atoms with Crippen LogP contribution in [0.3, 0.4) is 0 Å². The van der Waals surface area contributed by atoms with Crippen LogP contribution in [0.25, 0.3) is 0 Å². The van der Waals surface area contributed by atoms with E-state index in [1.807, 2.05) is 0 Å². The first-order valence-corrected chi connectivity index (χ1v) is 7.17. The van der Waals surface area contributed by atoms with E-state index >= 15 is 0 Å². The molecule has 0 aromatic carbocycles. The summed E-state index contributed by atoms with van der Waals surface area (Å²) in [6, 6.07) is 2.19. The summed E-state index contributed by atoms with van der Waals surface area (Å²) in [5.41, 5.74) is 0. The van der Waals surface area contributed by atoms with Crippen LogP contribution in [0.5, 0.6) is 0 Å². The maximum Gasteiger partial charge on any atom is 0.0209 e. The lowest BCUT2D eigenvalue weighted by Crippen LogP contribution is -2.41. The molecule has 0 aromatic rings. The summed E-state index contributed by atoms with van der Waals surface area (Å²) in [5.74, 6) is 0.984. The van der Waals surface area contributed by atoms with Crippen LogP contribution < -0.4 is 5.32 Å². The van der Waals surface area contributed by atoms with Gasteiger partial charge in [-0.2, -0.15) is 0 Å². The van der Waals surface area contributed by atoms with E-state index in [0.717, 1.165) is 18.0 Å². The highest BCUT2D eigenvalue weighted by atomic mass is 15.2. The highest BCUT2D eigenvalue weighted by molar-refractivity contribution is 4.88. The van der Waals surface area contributed by atoms with E-state index in [1.54, 1.807) is 0 Å². The number of likely N-dealkylation sites (tertiary alicyclic amines) is 1. The van der Waals surface area contributed by atoms with Gasteiger partial charge in [0, 0.05) is 31.2 Å². The van der Waals surface area contributed by atoms with Gasteiger partial charge in [0.05, 0.1) is 0 Å². The normalized spacial score (nSPS) is 30.4. The van der Waals surface area contributed by atoms with Crippen molar-refractivity contribution in [1.82, 2.24) is 10.2 Å². The van der Waals surface area contributed by atoms with E-state index in [1.165, 1.54) is 45.2 Å². The van der Waals surface area contributed by atoms with Gasteiger partial charge >= 0.3 is 0 Å². The predicted octanol–water partition coefficient (Wildman–Crippen LogP) is 2.64. The minimum atomic E-state index is 0.631. The van der Waals surface area contributed by atoms with E-state index < -0.39 is 0 Å². The average molecular weight is 224 g/mol. The third-order valence-corrected chi connectivity index (χ3v) is 4.45. The maximum atomic E-state index is 3.68. The van der Waals surface area contributed by atoms with Gasteiger partial charge in [-0.1, -0.05) is 26.7 Å². The van der Waals surface area contributed by atoms with Crippen LogP contribution in [0.1, 0.15) is 52.9 Å². The summed E-state index contributed by atoms with van der Waals surface area (Å²) < 4.78 is 0. The lowest BCUT2D eigenvalue weighted by molar-refractivity contribution is 0.186. The Morgan fingerprint density at radius 2 is 1.75 bits per heavy atom. The van der Waals surface area contributed by atoms with E-state index in [4.69, 9.17) is 0 Å². The second kappa shape index (κ2) is 5.50. The molecule has 1 N–H and O–H groups in total. The second-order valence-electron chi connectivity index (χ2n) is 6.09. The molecule has 1 aliphatic heterocycles. The zero-order valence-electron chi connectivity index (χ0n) is 11.2. The Hall–Kier alpha value is -0.0800. The van der Waals surface area contributed by atoms with Crippen molar-refractivity contribution in [3.8, 4) is 0 Å². The Labute approximate surface area is 101 Å². The van der Waals surface area contributed by atoms with E-state index in [0.29, 0.717) is 6.04 Å². The third kappa shape index (κ3) is 2.98. The quantitative estimate of drug-likeness (QED) is 0.790. The van der Waals surface area contributed by atoms with E-state index in [2.05, 4.69) is 31.0 Å². The van der Waals surface area contributed by atoms with Crippen LogP contribution in [0.4, 0.5) is 0 Å². The summed E-state index contributed by atoms with van der Waals surface area (Å²) in [6.07, 6.45) is 7.22. The number of rotatable bonds is 4. The maximum absolute atomic E-state index is 3.68. The molecule has 94 valence electrons. The number of hydrogen-bond donors (Lipinski definition) is 1. The lowest BCUT2D eigenvalue weighted by atomic mass is 9.99. The molecule has 2 unspecified atom stereocenters. The van der Waals surface area contributed by atoms with Crippen molar-refractivity contribution >= 4 is 0 Å². The Morgan fingerprint density at radius 3 is 2.38 bits per heavy atom. The molecule has 2 aliphatic rings. The van der Waals surface area contributed by atoms with Gasteiger partial charge in [-0.05, 0) is 32.1 Å². The minimum Gasteiger partial charge on any atom is -0.310 e. The fraction of sp³-hybridized carbons (Fsp3) is 1.00. The Kier molecular flexibility index (Phi) is 4.26. The Bertz CT molecular complexity index is 209. The zero-order chi connectivity index (χ0) is 11.5. The molecule has 2 heteroatoms. The number of nitrogens with zero attached hydrogens (tertiary/aromatic N) is 1. The first kappa shape index (κ1) is 12.4. The monoisotopic (exact) mass is 224 g/mol. The molecule has 0 spiro atoms. The Morgan fingerprint density at radius 1 is 1.06 bits per heavy atom. The smallest absolute Gasteiger partial charge is 0.0209 e. The first-order valence-electron chi connectivity index (χ1n) is 7.17. The van der Waals surface area contributed by atoms with Gasteiger partial charge < -0.3 is 5.32 Å². The molecule has 0 amide bonds. The van der Waals surface area contributed by atoms with Crippen LogP contribution in [-0.2, 0) is 0 Å². The topological polar surface area (TPSA) is 15.3 Å². The fourth-order valence-electron chi connectivity index (χ4n) is 3.50. The van der Waals surface area contributed by atoms with Gasteiger partial charge in [-0.15, -0.1) is 0 Å². The molecule has 1 aliphatic carbocycles. The van der Waals surface area contributed by atoms with Crippen molar-refractivity contribution in [3.05, 3.63) is 0 Å². The molecule has 1 saturated carbocycles. The molecule has 0 bridgehead atoms. The van der Waals surface area contributed by atoms with Crippen LogP contribution in [0.2, 0.25) is 0 Å². The van der Waals surface area contributed by atoms with Gasteiger partial charge in [0.1, 0.15) is 0 Å². The molecule has 2 fully saturated rings. The highest BCUT2D eigenvalue weighted by Gasteiger charge is 2.31. The lowest BCUT2D eigenvalue weighted by Gasteiger charge is -2.29. The van der Waals surface area contributed by atoms with Gasteiger partial charge in [-0.25, -0.2) is 0 Å². The summed E-state index contributed by atoms with van der Waals surface area (Å²) in [7, 11) is 0. The van der Waals surface area contributed by atoms with Gasteiger partial charge in [0.2, 0.25) is 0 Å². The van der Waals surface area contributed by atoms with Crippen LogP contribution in [0, 0.1) is 5.92 Å². The van der Waals surface area contributed by atoms with Gasteiger partial charge in [0.25, 0.3) is 0 Å². The van der Waals surface area contributed by atoms with E-state index in [-0.39, 0.29) is 0 Å². The minimum absolute atomic E-state index is 0.631. The van der Waals surface area contributed by atoms with Crippen LogP contribution in [-0.4, -0.2) is 36.1 Å². The standard InChI is InChI=1S/C14H28N2/c1-11(2)15-14-8-9-16(10-14)12(3)13-6-4-5-7-13/h11-15H,4-10H2,1-3H3. The third-order valence-electron chi connectivity index (χ3n) is 4.45. The summed E-state index contributed by atoms with van der Waals surface area (Å²) in [5, 5.41) is 3.68.